The standard InChI is InChI=1S/C22H20BrNO4/c1-26-18-9-8-14(21(27-2)22(18)28-3)15-11-19(25)24-20-13-7-5-4-6-12(13)17(23)10-16(15)20/h4-10,15H,11H2,1-3H3,(H,24,25)/t15-/m0/s1. The predicted molar refractivity (Wildman–Crippen MR) is 113 cm³/mol. The molecule has 5 nitrogen and oxygen atoms in total. The van der Waals surface area contributed by atoms with E-state index < -0.39 is 0 Å². The van der Waals surface area contributed by atoms with Crippen LogP contribution >= 0.6 is 15.9 Å². The zero-order valence-electron chi connectivity index (χ0n) is 15.8. The molecule has 144 valence electrons. The fraction of sp³-hybridized carbons (Fsp3) is 0.227. The van der Waals surface area contributed by atoms with Crippen LogP contribution in [0.1, 0.15) is 23.5 Å². The highest BCUT2D eigenvalue weighted by molar-refractivity contribution is 9.10. The second kappa shape index (κ2) is 7.36. The molecule has 0 bridgehead atoms. The minimum atomic E-state index is -0.167. The Balaban J connectivity index is 1.98. The van der Waals surface area contributed by atoms with Gasteiger partial charge in [-0.05, 0) is 23.1 Å². The first-order valence-corrected chi connectivity index (χ1v) is 9.68. The minimum Gasteiger partial charge on any atom is -0.493 e. The van der Waals surface area contributed by atoms with Crippen molar-refractivity contribution in [1.82, 2.24) is 0 Å². The predicted octanol–water partition coefficient (Wildman–Crippen LogP) is 5.10. The summed E-state index contributed by atoms with van der Waals surface area (Å²) in [5, 5.41) is 5.12. The highest BCUT2D eigenvalue weighted by atomic mass is 79.9. The number of ether oxygens (including phenoxy) is 3. The summed E-state index contributed by atoms with van der Waals surface area (Å²) in [4.78, 5) is 12.6. The third kappa shape index (κ3) is 2.88. The number of hydrogen-bond acceptors (Lipinski definition) is 4. The number of hydrogen-bond donors (Lipinski definition) is 1. The molecule has 6 heteroatoms. The van der Waals surface area contributed by atoms with Gasteiger partial charge in [-0.25, -0.2) is 0 Å². The lowest BCUT2D eigenvalue weighted by molar-refractivity contribution is -0.116. The van der Waals surface area contributed by atoms with Gasteiger partial charge in [-0.3, -0.25) is 4.79 Å². The molecule has 0 spiro atoms. The molecule has 1 aliphatic rings. The summed E-state index contributed by atoms with van der Waals surface area (Å²) in [6.07, 6.45) is 0.323. The summed E-state index contributed by atoms with van der Waals surface area (Å²) in [6, 6.07) is 13.9. The highest BCUT2D eigenvalue weighted by Crippen LogP contribution is 2.49. The molecule has 28 heavy (non-hydrogen) atoms. The van der Waals surface area contributed by atoms with Gasteiger partial charge >= 0.3 is 0 Å². The highest BCUT2D eigenvalue weighted by Gasteiger charge is 2.32. The second-order valence-corrected chi connectivity index (χ2v) is 7.45. The van der Waals surface area contributed by atoms with Crippen LogP contribution in [0.15, 0.2) is 46.9 Å². The number of methoxy groups -OCH3 is 3. The number of anilines is 1. The molecule has 0 radical (unpaired) electrons. The first kappa shape index (κ1) is 18.6. The van der Waals surface area contributed by atoms with E-state index in [4.69, 9.17) is 14.2 Å². The Morgan fingerprint density at radius 1 is 0.929 bits per heavy atom. The summed E-state index contributed by atoms with van der Waals surface area (Å²) in [5.74, 6) is 1.50. The Hall–Kier alpha value is -2.73. The molecular weight excluding hydrogens is 422 g/mol. The lowest BCUT2D eigenvalue weighted by atomic mass is 9.82. The quantitative estimate of drug-likeness (QED) is 0.611. The smallest absolute Gasteiger partial charge is 0.225 e. The number of nitrogens with one attached hydrogen (secondary N) is 1. The molecule has 0 unspecified atom stereocenters. The average molecular weight is 442 g/mol. The van der Waals surface area contributed by atoms with Crippen LogP contribution < -0.4 is 19.5 Å². The van der Waals surface area contributed by atoms with Gasteiger partial charge in [0.15, 0.2) is 11.5 Å². The zero-order valence-corrected chi connectivity index (χ0v) is 17.4. The Morgan fingerprint density at radius 2 is 1.64 bits per heavy atom. The average Bonchev–Trinajstić information content (AvgIpc) is 2.72. The molecule has 0 saturated carbocycles. The lowest BCUT2D eigenvalue weighted by Crippen LogP contribution is -2.24. The van der Waals surface area contributed by atoms with E-state index in [0.29, 0.717) is 23.7 Å². The molecule has 1 amide bonds. The third-order valence-corrected chi connectivity index (χ3v) is 5.82. The summed E-state index contributed by atoms with van der Waals surface area (Å²) in [6.45, 7) is 0. The topological polar surface area (TPSA) is 56.8 Å². The van der Waals surface area contributed by atoms with Crippen LogP contribution in [0.2, 0.25) is 0 Å². The van der Waals surface area contributed by atoms with Crippen LogP contribution in [0, 0.1) is 0 Å². The van der Waals surface area contributed by atoms with E-state index in [9.17, 15) is 4.79 Å². The zero-order chi connectivity index (χ0) is 19.8. The van der Waals surface area contributed by atoms with E-state index >= 15 is 0 Å². The van der Waals surface area contributed by atoms with Gasteiger partial charge in [-0.15, -0.1) is 0 Å². The van der Waals surface area contributed by atoms with Gasteiger partial charge in [0.25, 0.3) is 0 Å². The minimum absolute atomic E-state index is 0.0261. The first-order valence-electron chi connectivity index (χ1n) is 8.88. The fourth-order valence-electron chi connectivity index (χ4n) is 3.93. The van der Waals surface area contributed by atoms with Crippen LogP contribution in [-0.2, 0) is 4.79 Å². The third-order valence-electron chi connectivity index (χ3n) is 5.16. The van der Waals surface area contributed by atoms with Gasteiger partial charge in [0.2, 0.25) is 11.7 Å². The van der Waals surface area contributed by atoms with Crippen molar-refractivity contribution < 1.29 is 19.0 Å². The lowest BCUT2D eigenvalue weighted by Gasteiger charge is -2.29. The molecule has 0 saturated heterocycles. The van der Waals surface area contributed by atoms with Gasteiger partial charge in [0.1, 0.15) is 0 Å². The van der Waals surface area contributed by atoms with Crippen LogP contribution in [0.4, 0.5) is 5.69 Å². The van der Waals surface area contributed by atoms with Crippen LogP contribution in [0.3, 0.4) is 0 Å². The van der Waals surface area contributed by atoms with Gasteiger partial charge in [-0.2, -0.15) is 0 Å². The molecule has 1 atom stereocenters. The largest absolute Gasteiger partial charge is 0.493 e. The number of carbonyl (C=O) groups excluding carboxylic acids is 1. The fourth-order valence-corrected chi connectivity index (χ4v) is 4.52. The molecule has 1 heterocycles. The van der Waals surface area contributed by atoms with Gasteiger partial charge < -0.3 is 19.5 Å². The van der Waals surface area contributed by atoms with Crippen molar-refractivity contribution in [3.63, 3.8) is 0 Å². The van der Waals surface area contributed by atoms with Crippen molar-refractivity contribution in [2.45, 2.75) is 12.3 Å². The second-order valence-electron chi connectivity index (χ2n) is 6.60. The maximum Gasteiger partial charge on any atom is 0.225 e. The summed E-state index contributed by atoms with van der Waals surface area (Å²) < 4.78 is 17.6. The molecule has 3 aromatic rings. The molecule has 0 aromatic heterocycles. The summed E-state index contributed by atoms with van der Waals surface area (Å²) in [5.41, 5.74) is 2.77. The van der Waals surface area contributed by atoms with E-state index in [1.54, 1.807) is 21.3 Å². The molecule has 1 aliphatic heterocycles. The van der Waals surface area contributed by atoms with E-state index in [1.165, 1.54) is 0 Å². The normalized spacial score (nSPS) is 15.7. The number of benzene rings is 3. The Labute approximate surface area is 171 Å². The Morgan fingerprint density at radius 3 is 2.32 bits per heavy atom. The van der Waals surface area contributed by atoms with E-state index in [1.807, 2.05) is 36.4 Å². The van der Waals surface area contributed by atoms with Crippen molar-refractivity contribution in [1.29, 1.82) is 0 Å². The van der Waals surface area contributed by atoms with E-state index in [2.05, 4.69) is 27.3 Å². The molecular formula is C22H20BrNO4. The number of carbonyl (C=O) groups is 1. The van der Waals surface area contributed by atoms with Crippen molar-refractivity contribution in [2.24, 2.45) is 0 Å². The Kier molecular flexibility index (Phi) is 4.89. The maximum absolute atomic E-state index is 12.6. The van der Waals surface area contributed by atoms with Crippen molar-refractivity contribution in [2.75, 3.05) is 26.6 Å². The van der Waals surface area contributed by atoms with Crippen molar-refractivity contribution >= 4 is 38.3 Å². The summed E-state index contributed by atoms with van der Waals surface area (Å²) >= 11 is 3.69. The van der Waals surface area contributed by atoms with Crippen LogP contribution in [0.25, 0.3) is 10.8 Å². The van der Waals surface area contributed by atoms with Crippen LogP contribution in [0.5, 0.6) is 17.2 Å². The molecule has 0 fully saturated rings. The van der Waals surface area contributed by atoms with Gasteiger partial charge in [0.05, 0.1) is 27.0 Å². The maximum atomic E-state index is 12.6. The Bertz CT molecular complexity index is 1080. The number of halogens is 1. The molecule has 1 N–H and O–H groups in total. The van der Waals surface area contributed by atoms with Crippen LogP contribution in [-0.4, -0.2) is 27.2 Å². The van der Waals surface area contributed by atoms with Gasteiger partial charge in [-0.1, -0.05) is 46.3 Å². The monoisotopic (exact) mass is 441 g/mol. The number of amides is 1. The van der Waals surface area contributed by atoms with E-state index in [-0.39, 0.29) is 11.8 Å². The number of rotatable bonds is 4. The summed E-state index contributed by atoms with van der Waals surface area (Å²) in [7, 11) is 4.76. The first-order chi connectivity index (χ1) is 13.6. The molecule has 0 aliphatic carbocycles. The molecule has 3 aromatic carbocycles. The van der Waals surface area contributed by atoms with Crippen molar-refractivity contribution in [3.8, 4) is 17.2 Å². The van der Waals surface area contributed by atoms with E-state index in [0.717, 1.165) is 32.1 Å². The van der Waals surface area contributed by atoms with Crippen molar-refractivity contribution in [3.05, 3.63) is 58.1 Å². The molecule has 4 rings (SSSR count). The number of fused-ring (bicyclic) bond motifs is 3. The van der Waals surface area contributed by atoms with Gasteiger partial charge in [0, 0.05) is 27.8 Å². The SMILES string of the molecule is COc1ccc([C@@H]2CC(=O)Nc3c2cc(Br)c2ccccc32)c(OC)c1OC.